The van der Waals surface area contributed by atoms with Crippen molar-refractivity contribution in [3.05, 3.63) is 29.8 Å². The van der Waals surface area contributed by atoms with Gasteiger partial charge in [-0.25, -0.2) is 0 Å². The van der Waals surface area contributed by atoms with Crippen LogP contribution in [0.4, 0.5) is 4.79 Å². The molecule has 0 atom stereocenters. The summed E-state index contributed by atoms with van der Waals surface area (Å²) in [6.45, 7) is 2.33. The molecular formula is C15H21BN2O3. The Kier molecular flexibility index (Phi) is 5.66. The van der Waals surface area contributed by atoms with Gasteiger partial charge in [-0.05, 0) is 25.2 Å². The summed E-state index contributed by atoms with van der Waals surface area (Å²) >= 11 is 0. The Morgan fingerprint density at radius 1 is 1.24 bits per heavy atom. The highest BCUT2D eigenvalue weighted by molar-refractivity contribution is 6.68. The minimum absolute atomic E-state index is 0.216. The van der Waals surface area contributed by atoms with E-state index in [1.165, 1.54) is 6.42 Å². The van der Waals surface area contributed by atoms with E-state index in [9.17, 15) is 9.59 Å². The zero-order valence-electron chi connectivity index (χ0n) is 12.3. The average Bonchev–Trinajstić information content (AvgIpc) is 2.48. The fourth-order valence-electron chi connectivity index (χ4n) is 2.59. The number of carbonyl (C=O) groups is 2. The van der Waals surface area contributed by atoms with Gasteiger partial charge in [0.05, 0.1) is 0 Å². The van der Waals surface area contributed by atoms with Crippen molar-refractivity contribution in [1.82, 2.24) is 10.5 Å². The number of carbonyl (C=O) groups excluding carboxylic acids is 2. The number of nitrogens with one attached hydrogen (secondary N) is 2. The maximum atomic E-state index is 12.0. The molecule has 6 heteroatoms. The number of amides is 2. The summed E-state index contributed by atoms with van der Waals surface area (Å²) in [7, 11) is -0.758. The van der Waals surface area contributed by atoms with Crippen molar-refractivity contribution in [2.75, 3.05) is 0 Å². The third kappa shape index (κ3) is 4.81. The molecule has 1 aromatic rings. The molecule has 2 amide bonds. The third-order valence-corrected chi connectivity index (χ3v) is 3.77. The van der Waals surface area contributed by atoms with Crippen molar-refractivity contribution in [2.45, 2.75) is 45.1 Å². The number of hydrogen-bond donors (Lipinski definition) is 2. The summed E-state index contributed by atoms with van der Waals surface area (Å²) in [6.07, 6.45) is 5.56. The van der Waals surface area contributed by atoms with Gasteiger partial charge in [0.1, 0.15) is 0 Å². The molecule has 0 saturated heterocycles. The summed E-state index contributed by atoms with van der Waals surface area (Å²) in [5.74, 6) is 0. The van der Waals surface area contributed by atoms with E-state index in [4.69, 9.17) is 4.65 Å². The lowest BCUT2D eigenvalue weighted by Crippen LogP contribution is -2.55. The molecule has 5 nitrogen and oxygen atoms in total. The van der Waals surface area contributed by atoms with E-state index in [1.807, 2.05) is 31.2 Å². The van der Waals surface area contributed by atoms with Crippen LogP contribution >= 0.6 is 0 Å². The van der Waals surface area contributed by atoms with Gasteiger partial charge in [0.15, 0.2) is 0 Å². The second-order valence-corrected chi connectivity index (χ2v) is 5.48. The van der Waals surface area contributed by atoms with E-state index in [0.717, 1.165) is 36.7 Å². The van der Waals surface area contributed by atoms with Crippen LogP contribution in [0.3, 0.4) is 0 Å². The number of urea groups is 1. The predicted octanol–water partition coefficient (Wildman–Crippen LogP) is 1.50. The van der Waals surface area contributed by atoms with Crippen LogP contribution in [0.2, 0.25) is 0 Å². The SMILES string of the molecule is Cc1ccc(B(NC(=O)NC2CCCCC2)OC=O)cc1. The van der Waals surface area contributed by atoms with Crippen molar-refractivity contribution in [2.24, 2.45) is 0 Å². The maximum Gasteiger partial charge on any atom is 0.522 e. The average molecular weight is 288 g/mol. The van der Waals surface area contributed by atoms with E-state index in [1.54, 1.807) is 0 Å². The second-order valence-electron chi connectivity index (χ2n) is 5.48. The summed E-state index contributed by atoms with van der Waals surface area (Å²) in [5.41, 5.74) is 1.85. The van der Waals surface area contributed by atoms with Gasteiger partial charge in [-0.1, -0.05) is 49.1 Å². The van der Waals surface area contributed by atoms with Crippen LogP contribution in [0.1, 0.15) is 37.7 Å². The molecule has 0 radical (unpaired) electrons. The van der Waals surface area contributed by atoms with Crippen LogP contribution in [0.15, 0.2) is 24.3 Å². The standard InChI is InChI=1S/C15H21BN2O3/c1-12-7-9-13(10-8-12)16(21-11-19)18-15(20)17-14-5-3-2-4-6-14/h7-11,14H,2-6H2,1H3,(H2,17,18,20). The topological polar surface area (TPSA) is 67.4 Å². The highest BCUT2D eigenvalue weighted by atomic mass is 16.5. The largest absolute Gasteiger partial charge is 0.522 e. The molecule has 0 heterocycles. The van der Waals surface area contributed by atoms with E-state index in [0.29, 0.717) is 6.47 Å². The van der Waals surface area contributed by atoms with Crippen LogP contribution in [0, 0.1) is 6.92 Å². The Morgan fingerprint density at radius 2 is 1.90 bits per heavy atom. The number of aryl methyl sites for hydroxylation is 1. The van der Waals surface area contributed by atoms with Gasteiger partial charge in [0, 0.05) is 6.04 Å². The van der Waals surface area contributed by atoms with Crippen molar-refractivity contribution < 1.29 is 14.2 Å². The smallest absolute Gasteiger partial charge is 0.513 e. The number of hydrogen-bond acceptors (Lipinski definition) is 3. The lowest BCUT2D eigenvalue weighted by Gasteiger charge is -2.23. The molecule has 0 unspecified atom stereocenters. The van der Waals surface area contributed by atoms with E-state index >= 15 is 0 Å². The summed E-state index contributed by atoms with van der Waals surface area (Å²) < 4.78 is 4.98. The van der Waals surface area contributed by atoms with Gasteiger partial charge in [0.2, 0.25) is 0 Å². The third-order valence-electron chi connectivity index (χ3n) is 3.77. The van der Waals surface area contributed by atoms with E-state index in [-0.39, 0.29) is 12.1 Å². The Hall–Kier alpha value is -1.98. The van der Waals surface area contributed by atoms with Crippen molar-refractivity contribution in [3.63, 3.8) is 0 Å². The van der Waals surface area contributed by atoms with Crippen LogP contribution in [0.5, 0.6) is 0 Å². The number of rotatable bonds is 5. The molecule has 0 aromatic heterocycles. The summed E-state index contributed by atoms with van der Waals surface area (Å²) in [5, 5.41) is 5.64. The molecular weight excluding hydrogens is 267 g/mol. The first-order valence-corrected chi connectivity index (χ1v) is 7.42. The Morgan fingerprint density at radius 3 is 2.52 bits per heavy atom. The zero-order valence-corrected chi connectivity index (χ0v) is 12.3. The van der Waals surface area contributed by atoms with Crippen molar-refractivity contribution in [3.8, 4) is 0 Å². The number of benzene rings is 1. The van der Waals surface area contributed by atoms with Gasteiger partial charge in [0.25, 0.3) is 6.47 Å². The first kappa shape index (κ1) is 15.4. The molecule has 1 aliphatic carbocycles. The molecule has 112 valence electrons. The molecule has 0 bridgehead atoms. The van der Waals surface area contributed by atoms with E-state index in [2.05, 4.69) is 10.5 Å². The molecule has 0 aliphatic heterocycles. The fraction of sp³-hybridized carbons (Fsp3) is 0.467. The lowest BCUT2D eigenvalue weighted by atomic mass is 9.73. The quantitative estimate of drug-likeness (QED) is 0.637. The molecule has 2 rings (SSSR count). The van der Waals surface area contributed by atoms with Crippen LogP contribution in [-0.4, -0.2) is 25.6 Å². The van der Waals surface area contributed by atoms with Crippen LogP contribution < -0.4 is 16.0 Å². The zero-order chi connectivity index (χ0) is 15.1. The Labute approximate surface area is 125 Å². The van der Waals surface area contributed by atoms with Gasteiger partial charge in [-0.3, -0.25) is 9.59 Å². The van der Waals surface area contributed by atoms with Crippen molar-refractivity contribution >= 4 is 25.0 Å². The van der Waals surface area contributed by atoms with Crippen LogP contribution in [0.25, 0.3) is 0 Å². The van der Waals surface area contributed by atoms with Gasteiger partial charge >= 0.3 is 13.1 Å². The molecule has 1 fully saturated rings. The highest BCUT2D eigenvalue weighted by Crippen LogP contribution is 2.17. The van der Waals surface area contributed by atoms with Gasteiger partial charge in [-0.15, -0.1) is 0 Å². The monoisotopic (exact) mass is 288 g/mol. The fourth-order valence-corrected chi connectivity index (χ4v) is 2.59. The molecule has 2 N–H and O–H groups in total. The predicted molar refractivity (Wildman–Crippen MR) is 82.3 cm³/mol. The first-order chi connectivity index (χ1) is 10.2. The summed E-state index contributed by atoms with van der Waals surface area (Å²) in [6, 6.07) is 7.42. The van der Waals surface area contributed by atoms with Gasteiger partial charge in [-0.2, -0.15) is 0 Å². The minimum Gasteiger partial charge on any atom is -0.513 e. The molecule has 21 heavy (non-hydrogen) atoms. The van der Waals surface area contributed by atoms with Crippen LogP contribution in [-0.2, 0) is 9.45 Å². The molecule has 1 saturated carbocycles. The highest BCUT2D eigenvalue weighted by Gasteiger charge is 2.25. The Bertz CT molecular complexity index is 472. The first-order valence-electron chi connectivity index (χ1n) is 7.42. The van der Waals surface area contributed by atoms with Crippen molar-refractivity contribution in [1.29, 1.82) is 0 Å². The summed E-state index contributed by atoms with van der Waals surface area (Å²) in [4.78, 5) is 22.7. The lowest BCUT2D eigenvalue weighted by molar-refractivity contribution is -0.121. The molecule has 1 aromatic carbocycles. The minimum atomic E-state index is -0.758. The second kappa shape index (κ2) is 7.71. The molecule has 1 aliphatic rings. The Balaban J connectivity index is 1.93. The normalized spacial score (nSPS) is 15.1. The van der Waals surface area contributed by atoms with E-state index < -0.39 is 7.05 Å². The molecule has 0 spiro atoms. The maximum absolute atomic E-state index is 12.0. The van der Waals surface area contributed by atoms with Gasteiger partial charge < -0.3 is 15.2 Å².